The van der Waals surface area contributed by atoms with Gasteiger partial charge in [0.15, 0.2) is 5.78 Å². The van der Waals surface area contributed by atoms with Gasteiger partial charge in [0.1, 0.15) is 12.2 Å². The van der Waals surface area contributed by atoms with Crippen molar-refractivity contribution in [3.8, 4) is 0 Å². The van der Waals surface area contributed by atoms with E-state index >= 15 is 0 Å². The number of carbonyl (C=O) groups excluding carboxylic acids is 2. The minimum atomic E-state index is -0.994. The molecule has 4 rings (SSSR count). The van der Waals surface area contributed by atoms with Crippen LogP contribution >= 0.6 is 0 Å². The minimum Gasteiger partial charge on any atom is -0.447 e. The second-order valence-electron chi connectivity index (χ2n) is 7.79. The summed E-state index contributed by atoms with van der Waals surface area (Å²) < 4.78 is 16.9. The molecule has 0 spiro atoms. The Hall–Kier alpha value is -2.70. The molecule has 1 saturated heterocycles. The van der Waals surface area contributed by atoms with Crippen LogP contribution in [0.3, 0.4) is 0 Å². The maximum absolute atomic E-state index is 12.6. The lowest BCUT2D eigenvalue weighted by Gasteiger charge is -2.50. The van der Waals surface area contributed by atoms with E-state index < -0.39 is 5.60 Å². The first-order valence-electron chi connectivity index (χ1n) is 10.4. The molecular formula is C24H27NO5. The maximum Gasteiger partial charge on any atom is 0.410 e. The molecule has 3 atom stereocenters. The van der Waals surface area contributed by atoms with Crippen LogP contribution in [0.15, 0.2) is 60.7 Å². The van der Waals surface area contributed by atoms with Crippen LogP contribution in [0.4, 0.5) is 4.79 Å². The number of ketones is 1. The number of rotatable bonds is 9. The highest BCUT2D eigenvalue weighted by Crippen LogP contribution is 2.44. The zero-order valence-corrected chi connectivity index (χ0v) is 17.2. The highest BCUT2D eigenvalue weighted by Gasteiger charge is 2.61. The lowest BCUT2D eigenvalue weighted by Crippen LogP contribution is -2.68. The van der Waals surface area contributed by atoms with Crippen molar-refractivity contribution < 1.29 is 23.8 Å². The van der Waals surface area contributed by atoms with Gasteiger partial charge < -0.3 is 14.2 Å². The molecule has 1 aliphatic carbocycles. The van der Waals surface area contributed by atoms with Gasteiger partial charge in [0.05, 0.1) is 18.7 Å². The number of carbonyl (C=O) groups is 2. The van der Waals surface area contributed by atoms with Gasteiger partial charge in [0.2, 0.25) is 0 Å². The van der Waals surface area contributed by atoms with Gasteiger partial charge in [0.25, 0.3) is 0 Å². The summed E-state index contributed by atoms with van der Waals surface area (Å²) in [6.45, 7) is 1.34. The van der Waals surface area contributed by atoms with Crippen LogP contribution < -0.4 is 0 Å². The molecule has 0 radical (unpaired) electrons. The second kappa shape index (κ2) is 8.98. The third-order valence-electron chi connectivity index (χ3n) is 6.13. The number of methoxy groups -OCH3 is 1. The minimum absolute atomic E-state index is 0.0320. The average molecular weight is 409 g/mol. The van der Waals surface area contributed by atoms with E-state index in [2.05, 4.69) is 0 Å². The standard InChI is InChI=1S/C24H27NO5/c1-28-24(13-8-14-29-16-18-9-4-2-5-10-18)21(15-22(24)26)25-20(17-30-23(25)27)19-11-6-3-7-12-19/h2-7,9-12,20-21H,8,13-17H2,1H3/t20-,21+,24-/m1/s1. The molecule has 6 heteroatoms. The Bertz CT molecular complexity index is 872. The Kier molecular flexibility index (Phi) is 6.16. The molecule has 0 unspecified atom stereocenters. The number of ether oxygens (including phenoxy) is 3. The molecule has 2 aliphatic rings. The third kappa shape index (κ3) is 3.85. The number of cyclic esters (lactones) is 1. The Morgan fingerprint density at radius 3 is 2.43 bits per heavy atom. The molecule has 1 heterocycles. The fraction of sp³-hybridized carbons (Fsp3) is 0.417. The Morgan fingerprint density at radius 2 is 1.77 bits per heavy atom. The van der Waals surface area contributed by atoms with E-state index in [0.29, 0.717) is 26.1 Å². The summed E-state index contributed by atoms with van der Waals surface area (Å²) >= 11 is 0. The molecule has 6 nitrogen and oxygen atoms in total. The second-order valence-corrected chi connectivity index (χ2v) is 7.79. The van der Waals surface area contributed by atoms with Gasteiger partial charge >= 0.3 is 6.09 Å². The van der Waals surface area contributed by atoms with E-state index in [0.717, 1.165) is 11.1 Å². The summed E-state index contributed by atoms with van der Waals surface area (Å²) in [4.78, 5) is 26.9. The predicted octanol–water partition coefficient (Wildman–Crippen LogP) is 3.90. The fourth-order valence-electron chi connectivity index (χ4n) is 4.46. The molecule has 1 saturated carbocycles. The first kappa shape index (κ1) is 20.6. The summed E-state index contributed by atoms with van der Waals surface area (Å²) in [5.74, 6) is 0.0320. The van der Waals surface area contributed by atoms with Crippen molar-refractivity contribution in [2.45, 2.75) is 43.6 Å². The topological polar surface area (TPSA) is 65.1 Å². The Balaban J connectivity index is 1.40. The Morgan fingerprint density at radius 1 is 1.07 bits per heavy atom. The molecule has 1 amide bonds. The lowest BCUT2D eigenvalue weighted by molar-refractivity contribution is -0.173. The van der Waals surface area contributed by atoms with Crippen molar-refractivity contribution in [1.82, 2.24) is 4.90 Å². The predicted molar refractivity (Wildman–Crippen MR) is 111 cm³/mol. The normalized spacial score (nSPS) is 25.8. The number of amides is 1. The molecule has 0 aromatic heterocycles. The van der Waals surface area contributed by atoms with Gasteiger partial charge in [-0.15, -0.1) is 0 Å². The van der Waals surface area contributed by atoms with Crippen molar-refractivity contribution in [2.24, 2.45) is 0 Å². The Labute approximate surface area is 176 Å². The third-order valence-corrected chi connectivity index (χ3v) is 6.13. The van der Waals surface area contributed by atoms with Gasteiger partial charge in [-0.25, -0.2) is 4.79 Å². The van der Waals surface area contributed by atoms with Crippen LogP contribution in [-0.4, -0.2) is 48.7 Å². The first-order chi connectivity index (χ1) is 14.7. The number of Topliss-reactive ketones (excluding diaryl/α,β-unsaturated/α-hetero) is 1. The van der Waals surface area contributed by atoms with Crippen LogP contribution in [0.1, 0.15) is 36.4 Å². The number of benzene rings is 2. The van der Waals surface area contributed by atoms with E-state index in [1.54, 1.807) is 12.0 Å². The fourth-order valence-corrected chi connectivity index (χ4v) is 4.46. The van der Waals surface area contributed by atoms with Gasteiger partial charge in [-0.05, 0) is 24.0 Å². The largest absolute Gasteiger partial charge is 0.447 e. The smallest absolute Gasteiger partial charge is 0.410 e. The van der Waals surface area contributed by atoms with Gasteiger partial charge in [-0.2, -0.15) is 0 Å². The van der Waals surface area contributed by atoms with Gasteiger partial charge in [-0.1, -0.05) is 60.7 Å². The number of hydrogen-bond acceptors (Lipinski definition) is 5. The molecule has 0 N–H and O–H groups in total. The van der Waals surface area contributed by atoms with E-state index in [1.807, 2.05) is 60.7 Å². The van der Waals surface area contributed by atoms with Crippen LogP contribution in [-0.2, 0) is 25.6 Å². The van der Waals surface area contributed by atoms with Crippen molar-refractivity contribution in [3.63, 3.8) is 0 Å². The molecule has 1 aliphatic heterocycles. The van der Waals surface area contributed by atoms with Crippen molar-refractivity contribution >= 4 is 11.9 Å². The summed E-state index contributed by atoms with van der Waals surface area (Å²) in [5, 5.41) is 0. The molecule has 2 aromatic rings. The first-order valence-corrected chi connectivity index (χ1v) is 10.4. The van der Waals surface area contributed by atoms with E-state index in [-0.39, 0.29) is 37.0 Å². The zero-order valence-electron chi connectivity index (χ0n) is 17.2. The highest BCUT2D eigenvalue weighted by molar-refractivity contribution is 5.96. The molecule has 2 aromatic carbocycles. The van der Waals surface area contributed by atoms with Crippen LogP contribution in [0, 0.1) is 0 Å². The van der Waals surface area contributed by atoms with Gasteiger partial charge in [-0.3, -0.25) is 9.69 Å². The average Bonchev–Trinajstić information content (AvgIpc) is 3.16. The monoisotopic (exact) mass is 409 g/mol. The van der Waals surface area contributed by atoms with Crippen LogP contribution in [0.25, 0.3) is 0 Å². The van der Waals surface area contributed by atoms with Crippen molar-refractivity contribution in [2.75, 3.05) is 20.3 Å². The zero-order chi connectivity index (χ0) is 21.0. The van der Waals surface area contributed by atoms with Crippen molar-refractivity contribution in [1.29, 1.82) is 0 Å². The summed E-state index contributed by atoms with van der Waals surface area (Å²) in [6, 6.07) is 19.2. The summed E-state index contributed by atoms with van der Waals surface area (Å²) in [5.41, 5.74) is 1.12. The quantitative estimate of drug-likeness (QED) is 0.588. The van der Waals surface area contributed by atoms with E-state index in [4.69, 9.17) is 14.2 Å². The molecular weight excluding hydrogens is 382 g/mol. The highest BCUT2D eigenvalue weighted by atomic mass is 16.6. The van der Waals surface area contributed by atoms with Crippen LogP contribution in [0.5, 0.6) is 0 Å². The van der Waals surface area contributed by atoms with E-state index in [1.165, 1.54) is 0 Å². The number of nitrogens with zero attached hydrogens (tertiary/aromatic N) is 1. The van der Waals surface area contributed by atoms with Crippen molar-refractivity contribution in [3.05, 3.63) is 71.8 Å². The summed E-state index contributed by atoms with van der Waals surface area (Å²) in [7, 11) is 1.55. The number of hydrogen-bond donors (Lipinski definition) is 0. The molecule has 0 bridgehead atoms. The lowest BCUT2D eigenvalue weighted by atomic mass is 9.69. The molecule has 2 fully saturated rings. The maximum atomic E-state index is 12.6. The molecule has 158 valence electrons. The summed E-state index contributed by atoms with van der Waals surface area (Å²) in [6.07, 6.45) is 1.08. The van der Waals surface area contributed by atoms with Gasteiger partial charge in [0, 0.05) is 20.1 Å². The van der Waals surface area contributed by atoms with E-state index in [9.17, 15) is 9.59 Å². The molecule has 30 heavy (non-hydrogen) atoms. The van der Waals surface area contributed by atoms with Crippen LogP contribution in [0.2, 0.25) is 0 Å². The SMILES string of the molecule is CO[C@@]1(CCCOCc2ccccc2)C(=O)C[C@@H]1N1C(=O)OC[C@@H]1c1ccccc1.